The predicted molar refractivity (Wildman–Crippen MR) is 114 cm³/mol. The van der Waals surface area contributed by atoms with E-state index < -0.39 is 0 Å². The molecule has 3 N–H and O–H groups in total. The Bertz CT molecular complexity index is 634. The third-order valence-corrected chi connectivity index (χ3v) is 5.70. The van der Waals surface area contributed by atoms with E-state index in [-0.39, 0.29) is 35.1 Å². The van der Waals surface area contributed by atoms with E-state index >= 15 is 0 Å². The van der Waals surface area contributed by atoms with Crippen LogP contribution in [-0.2, 0) is 11.3 Å². The number of nitrogens with zero attached hydrogens (tertiary/aromatic N) is 1. The van der Waals surface area contributed by atoms with Crippen LogP contribution in [-0.4, -0.2) is 44.0 Å². The van der Waals surface area contributed by atoms with Crippen molar-refractivity contribution in [2.24, 2.45) is 10.4 Å². The van der Waals surface area contributed by atoms with Gasteiger partial charge < -0.3 is 25.2 Å². The SMILES string of the molecule is CCOC1CC(NC(=NC)NCc2cc(OC)ccc2O)C12CCC2.I. The number of aromatic hydroxyl groups is 1. The molecule has 26 heavy (non-hydrogen) atoms. The van der Waals surface area contributed by atoms with E-state index in [1.807, 2.05) is 6.07 Å². The summed E-state index contributed by atoms with van der Waals surface area (Å²) in [6.07, 6.45) is 5.14. The van der Waals surface area contributed by atoms with Crippen molar-refractivity contribution in [3.05, 3.63) is 23.8 Å². The molecule has 2 unspecified atom stereocenters. The van der Waals surface area contributed by atoms with Gasteiger partial charge in [0.25, 0.3) is 0 Å². The fourth-order valence-electron chi connectivity index (χ4n) is 4.01. The van der Waals surface area contributed by atoms with Crippen LogP contribution in [0.25, 0.3) is 0 Å². The topological polar surface area (TPSA) is 75.1 Å². The number of hydrogen-bond donors (Lipinski definition) is 3. The summed E-state index contributed by atoms with van der Waals surface area (Å²) in [7, 11) is 3.39. The number of ether oxygens (including phenoxy) is 2. The van der Waals surface area contributed by atoms with Gasteiger partial charge in [0.1, 0.15) is 11.5 Å². The molecule has 2 fully saturated rings. The molecule has 1 aromatic rings. The van der Waals surface area contributed by atoms with Gasteiger partial charge in [0.15, 0.2) is 5.96 Å². The fourth-order valence-corrected chi connectivity index (χ4v) is 4.01. The largest absolute Gasteiger partial charge is 0.508 e. The minimum atomic E-state index is 0. The number of phenols is 1. The molecule has 7 heteroatoms. The first-order valence-corrected chi connectivity index (χ1v) is 9.07. The van der Waals surface area contributed by atoms with Crippen molar-refractivity contribution < 1.29 is 14.6 Å². The van der Waals surface area contributed by atoms with Crippen LogP contribution in [0.3, 0.4) is 0 Å². The van der Waals surface area contributed by atoms with Gasteiger partial charge in [-0.2, -0.15) is 0 Å². The highest BCUT2D eigenvalue weighted by molar-refractivity contribution is 14.0. The number of guanidine groups is 1. The number of methoxy groups -OCH3 is 1. The predicted octanol–water partition coefficient (Wildman–Crippen LogP) is 3.03. The molecule has 2 aliphatic rings. The molecule has 2 aliphatic carbocycles. The highest BCUT2D eigenvalue weighted by Crippen LogP contribution is 2.57. The van der Waals surface area contributed by atoms with Crippen molar-refractivity contribution >= 4 is 29.9 Å². The van der Waals surface area contributed by atoms with Gasteiger partial charge in [0.2, 0.25) is 0 Å². The Morgan fingerprint density at radius 1 is 1.38 bits per heavy atom. The summed E-state index contributed by atoms with van der Waals surface area (Å²) < 4.78 is 11.1. The smallest absolute Gasteiger partial charge is 0.191 e. The van der Waals surface area contributed by atoms with E-state index in [1.165, 1.54) is 19.3 Å². The minimum absolute atomic E-state index is 0. The molecule has 0 heterocycles. The molecule has 146 valence electrons. The molecule has 2 atom stereocenters. The zero-order chi connectivity index (χ0) is 17.9. The van der Waals surface area contributed by atoms with Crippen LogP contribution in [0.5, 0.6) is 11.5 Å². The Morgan fingerprint density at radius 3 is 2.73 bits per heavy atom. The first-order chi connectivity index (χ1) is 12.1. The summed E-state index contributed by atoms with van der Waals surface area (Å²) in [6.45, 7) is 3.33. The van der Waals surface area contributed by atoms with E-state index in [1.54, 1.807) is 26.3 Å². The van der Waals surface area contributed by atoms with E-state index in [4.69, 9.17) is 9.47 Å². The lowest BCUT2D eigenvalue weighted by atomic mass is 9.51. The van der Waals surface area contributed by atoms with Crippen LogP contribution in [0.15, 0.2) is 23.2 Å². The molecule has 0 saturated heterocycles. The zero-order valence-electron chi connectivity index (χ0n) is 15.7. The fraction of sp³-hybridized carbons (Fsp3) is 0.632. The Hall–Kier alpha value is -1.22. The summed E-state index contributed by atoms with van der Waals surface area (Å²) in [5.74, 6) is 1.73. The second-order valence-electron chi connectivity index (χ2n) is 6.88. The maximum absolute atomic E-state index is 10.0. The Kier molecular flexibility index (Phi) is 7.40. The monoisotopic (exact) mass is 475 g/mol. The van der Waals surface area contributed by atoms with Gasteiger partial charge in [0.05, 0.1) is 13.2 Å². The zero-order valence-corrected chi connectivity index (χ0v) is 18.1. The highest BCUT2D eigenvalue weighted by Gasteiger charge is 2.59. The molecule has 6 nitrogen and oxygen atoms in total. The van der Waals surface area contributed by atoms with Crippen molar-refractivity contribution in [3.63, 3.8) is 0 Å². The third-order valence-electron chi connectivity index (χ3n) is 5.70. The van der Waals surface area contributed by atoms with Gasteiger partial charge in [-0.25, -0.2) is 0 Å². The molecule has 0 amide bonds. The standard InChI is InChI=1S/C19H29N3O3.HI/c1-4-25-17-11-16(19(17)8-5-9-19)22-18(20-2)21-12-13-10-14(24-3)6-7-15(13)23;/h6-7,10,16-17,23H,4-5,8-9,11-12H2,1-3H3,(H2,20,21,22);1H. The number of rotatable bonds is 6. The van der Waals surface area contributed by atoms with Crippen molar-refractivity contribution in [3.8, 4) is 11.5 Å². The van der Waals surface area contributed by atoms with Crippen LogP contribution in [0, 0.1) is 5.41 Å². The molecule has 1 aromatic carbocycles. The van der Waals surface area contributed by atoms with Crippen molar-refractivity contribution in [1.29, 1.82) is 0 Å². The number of nitrogens with one attached hydrogen (secondary N) is 2. The van der Waals surface area contributed by atoms with Gasteiger partial charge in [-0.3, -0.25) is 4.99 Å². The van der Waals surface area contributed by atoms with E-state index in [0.717, 1.165) is 30.3 Å². The Morgan fingerprint density at radius 2 is 2.15 bits per heavy atom. The maximum Gasteiger partial charge on any atom is 0.191 e. The maximum atomic E-state index is 10.0. The van der Waals surface area contributed by atoms with Crippen molar-refractivity contribution in [2.45, 2.75) is 51.3 Å². The average molecular weight is 475 g/mol. The quantitative estimate of drug-likeness (QED) is 0.335. The van der Waals surface area contributed by atoms with E-state index in [2.05, 4.69) is 22.5 Å². The first-order valence-electron chi connectivity index (χ1n) is 9.07. The van der Waals surface area contributed by atoms with Gasteiger partial charge in [0, 0.05) is 37.2 Å². The normalized spacial score (nSPS) is 23.4. The molecule has 0 bridgehead atoms. The molecule has 0 aliphatic heterocycles. The third kappa shape index (κ3) is 4.03. The van der Waals surface area contributed by atoms with Gasteiger partial charge >= 0.3 is 0 Å². The molecule has 2 saturated carbocycles. The minimum Gasteiger partial charge on any atom is -0.508 e. The summed E-state index contributed by atoms with van der Waals surface area (Å²) >= 11 is 0. The van der Waals surface area contributed by atoms with E-state index in [9.17, 15) is 5.11 Å². The summed E-state index contributed by atoms with van der Waals surface area (Å²) in [4.78, 5) is 4.33. The molecule has 1 spiro atoms. The van der Waals surface area contributed by atoms with Crippen molar-refractivity contribution in [2.75, 3.05) is 20.8 Å². The summed E-state index contributed by atoms with van der Waals surface area (Å²) in [5.41, 5.74) is 1.06. The second-order valence-corrected chi connectivity index (χ2v) is 6.88. The lowest BCUT2D eigenvalue weighted by molar-refractivity contribution is -0.168. The van der Waals surface area contributed by atoms with Gasteiger partial charge in [-0.1, -0.05) is 6.42 Å². The van der Waals surface area contributed by atoms with Gasteiger partial charge in [-0.05, 0) is 44.4 Å². The molecule has 0 aromatic heterocycles. The van der Waals surface area contributed by atoms with E-state index in [0.29, 0.717) is 18.7 Å². The average Bonchev–Trinajstić information content (AvgIpc) is 2.56. The first kappa shape index (κ1) is 21.1. The van der Waals surface area contributed by atoms with Crippen LogP contribution < -0.4 is 15.4 Å². The molecular weight excluding hydrogens is 445 g/mol. The molecule has 3 rings (SSSR count). The van der Waals surface area contributed by atoms with Gasteiger partial charge in [-0.15, -0.1) is 24.0 Å². The number of aliphatic imine (C=N–C) groups is 1. The second kappa shape index (κ2) is 9.12. The summed E-state index contributed by atoms with van der Waals surface area (Å²) in [5, 5.41) is 16.8. The number of phenolic OH excluding ortho intramolecular Hbond substituents is 1. The van der Waals surface area contributed by atoms with Crippen LogP contribution >= 0.6 is 24.0 Å². The van der Waals surface area contributed by atoms with Crippen LogP contribution in [0.1, 0.15) is 38.2 Å². The van der Waals surface area contributed by atoms with Crippen LogP contribution in [0.2, 0.25) is 0 Å². The molecular formula is C19H30IN3O3. The summed E-state index contributed by atoms with van der Waals surface area (Å²) in [6, 6.07) is 5.63. The Balaban J connectivity index is 0.00000243. The lowest BCUT2D eigenvalue weighted by Crippen LogP contribution is -2.68. The number of hydrogen-bond acceptors (Lipinski definition) is 4. The lowest BCUT2D eigenvalue weighted by Gasteiger charge is -2.61. The number of benzene rings is 1. The van der Waals surface area contributed by atoms with Crippen molar-refractivity contribution in [1.82, 2.24) is 10.6 Å². The Labute approximate surface area is 172 Å². The highest BCUT2D eigenvalue weighted by atomic mass is 127. The number of halogens is 1. The molecule has 0 radical (unpaired) electrons. The van der Waals surface area contributed by atoms with Crippen LogP contribution in [0.4, 0.5) is 0 Å².